The molecule has 2 amide bonds. The highest BCUT2D eigenvalue weighted by atomic mass is 35.5. The van der Waals surface area contributed by atoms with Crippen LogP contribution in [0.1, 0.15) is 31.0 Å². The summed E-state index contributed by atoms with van der Waals surface area (Å²) in [5.41, 5.74) is 5.59. The zero-order valence-corrected chi connectivity index (χ0v) is 15.8. The van der Waals surface area contributed by atoms with E-state index in [1.54, 1.807) is 28.9 Å². The van der Waals surface area contributed by atoms with Crippen LogP contribution >= 0.6 is 11.6 Å². The van der Waals surface area contributed by atoms with Gasteiger partial charge in [0.15, 0.2) is 5.65 Å². The predicted molar refractivity (Wildman–Crippen MR) is 102 cm³/mol. The summed E-state index contributed by atoms with van der Waals surface area (Å²) in [5, 5.41) is 8.60. The number of rotatable bonds is 4. The summed E-state index contributed by atoms with van der Waals surface area (Å²) in [6.07, 6.45) is 0. The number of hydroxylamine groups is 1. The van der Waals surface area contributed by atoms with Crippen LogP contribution < -0.4 is 15.6 Å². The second-order valence-corrected chi connectivity index (χ2v) is 6.72. The maximum Gasteiger partial charge on any atom is 0.352 e. The topological polar surface area (TPSA) is 81.1 Å². The molecular formula is C18H20ClN5O2. The standard InChI is InChI=1S/C18H20ClN5O2/c1-10(2)14-9-15(21-17-16(14)11(3)22-24(17)4)26-23-18(25)20-13-7-5-6-12(19)8-13/h5-10H,1-4H3,(H2,20,23,25). The number of urea groups is 1. The Hall–Kier alpha value is -2.80. The number of anilines is 1. The number of aryl methyl sites for hydroxylation is 2. The van der Waals surface area contributed by atoms with Crippen LogP contribution in [-0.2, 0) is 7.05 Å². The molecule has 0 unspecified atom stereocenters. The minimum Gasteiger partial charge on any atom is -0.358 e. The number of nitrogens with one attached hydrogen (secondary N) is 2. The fourth-order valence-corrected chi connectivity index (χ4v) is 2.97. The number of hydrogen-bond donors (Lipinski definition) is 2. The summed E-state index contributed by atoms with van der Waals surface area (Å²) in [6, 6.07) is 8.13. The van der Waals surface area contributed by atoms with E-state index in [4.69, 9.17) is 16.4 Å². The van der Waals surface area contributed by atoms with Gasteiger partial charge in [0, 0.05) is 29.2 Å². The van der Waals surface area contributed by atoms with Gasteiger partial charge in [-0.05, 0) is 36.6 Å². The molecule has 0 spiro atoms. The lowest BCUT2D eigenvalue weighted by Crippen LogP contribution is -2.32. The van der Waals surface area contributed by atoms with Crippen molar-refractivity contribution in [2.45, 2.75) is 26.7 Å². The lowest BCUT2D eigenvalue weighted by Gasteiger charge is -2.12. The molecule has 1 aromatic carbocycles. The molecule has 136 valence electrons. The summed E-state index contributed by atoms with van der Waals surface area (Å²) in [4.78, 5) is 21.8. The molecule has 2 heterocycles. The first-order valence-corrected chi connectivity index (χ1v) is 8.56. The van der Waals surface area contributed by atoms with E-state index in [1.165, 1.54) is 0 Å². The molecule has 8 heteroatoms. The van der Waals surface area contributed by atoms with Gasteiger partial charge in [0.25, 0.3) is 0 Å². The lowest BCUT2D eigenvalue weighted by atomic mass is 10.00. The van der Waals surface area contributed by atoms with Gasteiger partial charge in [0.2, 0.25) is 5.88 Å². The quantitative estimate of drug-likeness (QED) is 0.672. The fourth-order valence-electron chi connectivity index (χ4n) is 2.78. The number of pyridine rings is 1. The van der Waals surface area contributed by atoms with Gasteiger partial charge < -0.3 is 10.2 Å². The molecule has 0 aliphatic heterocycles. The first-order valence-electron chi connectivity index (χ1n) is 8.19. The molecule has 0 aliphatic carbocycles. The van der Waals surface area contributed by atoms with Crippen LogP contribution in [0.15, 0.2) is 30.3 Å². The molecule has 0 aliphatic rings. The molecule has 0 radical (unpaired) electrons. The SMILES string of the molecule is Cc1nn(C)c2nc(ONC(=O)Nc3cccc(Cl)c3)cc(C(C)C)c12. The molecule has 2 aromatic heterocycles. The summed E-state index contributed by atoms with van der Waals surface area (Å²) < 4.78 is 1.70. The van der Waals surface area contributed by atoms with Crippen LogP contribution in [0, 0.1) is 6.92 Å². The van der Waals surface area contributed by atoms with Crippen molar-refractivity contribution >= 4 is 34.4 Å². The Kier molecular flexibility index (Phi) is 4.99. The largest absolute Gasteiger partial charge is 0.358 e. The van der Waals surface area contributed by atoms with E-state index >= 15 is 0 Å². The van der Waals surface area contributed by atoms with Crippen molar-refractivity contribution in [2.24, 2.45) is 7.05 Å². The average molecular weight is 374 g/mol. The zero-order chi connectivity index (χ0) is 18.8. The van der Waals surface area contributed by atoms with Gasteiger partial charge in [0.05, 0.1) is 5.69 Å². The van der Waals surface area contributed by atoms with Crippen LogP contribution in [0.5, 0.6) is 5.88 Å². The molecule has 7 nitrogen and oxygen atoms in total. The van der Waals surface area contributed by atoms with E-state index in [0.717, 1.165) is 16.6 Å². The Morgan fingerprint density at radius 1 is 1.31 bits per heavy atom. The van der Waals surface area contributed by atoms with Crippen molar-refractivity contribution < 1.29 is 9.63 Å². The smallest absolute Gasteiger partial charge is 0.352 e. The molecule has 0 saturated heterocycles. The predicted octanol–water partition coefficient (Wildman–Crippen LogP) is 4.17. The van der Waals surface area contributed by atoms with Crippen LogP contribution in [-0.4, -0.2) is 20.8 Å². The van der Waals surface area contributed by atoms with E-state index in [0.29, 0.717) is 22.2 Å². The molecule has 3 rings (SSSR count). The fraction of sp³-hybridized carbons (Fsp3) is 0.278. The van der Waals surface area contributed by atoms with Crippen LogP contribution in [0.3, 0.4) is 0 Å². The van der Waals surface area contributed by atoms with Crippen molar-refractivity contribution in [1.29, 1.82) is 0 Å². The normalized spacial score (nSPS) is 11.0. The number of halogens is 1. The van der Waals surface area contributed by atoms with Crippen molar-refractivity contribution in [3.63, 3.8) is 0 Å². The zero-order valence-electron chi connectivity index (χ0n) is 15.0. The molecule has 2 N–H and O–H groups in total. The highest BCUT2D eigenvalue weighted by molar-refractivity contribution is 6.30. The Morgan fingerprint density at radius 3 is 2.77 bits per heavy atom. The summed E-state index contributed by atoms with van der Waals surface area (Å²) in [5.74, 6) is 0.552. The molecule has 0 bridgehead atoms. The number of nitrogens with zero attached hydrogens (tertiary/aromatic N) is 3. The van der Waals surface area contributed by atoms with Crippen molar-refractivity contribution in [3.8, 4) is 5.88 Å². The molecule has 0 saturated carbocycles. The van der Waals surface area contributed by atoms with Crippen molar-refractivity contribution in [3.05, 3.63) is 46.6 Å². The van der Waals surface area contributed by atoms with E-state index in [-0.39, 0.29) is 5.92 Å². The summed E-state index contributed by atoms with van der Waals surface area (Å²) in [7, 11) is 1.83. The minimum atomic E-state index is -0.526. The van der Waals surface area contributed by atoms with E-state index in [9.17, 15) is 4.79 Å². The van der Waals surface area contributed by atoms with E-state index < -0.39 is 6.03 Å². The van der Waals surface area contributed by atoms with E-state index in [1.807, 2.05) is 20.0 Å². The first kappa shape index (κ1) is 18.0. The number of carbonyl (C=O) groups excluding carboxylic acids is 1. The third-order valence-corrected chi connectivity index (χ3v) is 4.16. The molecule has 3 aromatic rings. The number of benzene rings is 1. The number of amides is 2. The van der Waals surface area contributed by atoms with Crippen LogP contribution in [0.25, 0.3) is 11.0 Å². The average Bonchev–Trinajstić information content (AvgIpc) is 2.86. The van der Waals surface area contributed by atoms with Gasteiger partial charge in [-0.1, -0.05) is 31.5 Å². The summed E-state index contributed by atoms with van der Waals surface area (Å²) >= 11 is 5.90. The monoisotopic (exact) mass is 373 g/mol. The number of fused-ring (bicyclic) bond motifs is 1. The molecule has 0 fully saturated rings. The van der Waals surface area contributed by atoms with Crippen molar-refractivity contribution in [1.82, 2.24) is 20.2 Å². The van der Waals surface area contributed by atoms with Crippen LogP contribution in [0.2, 0.25) is 5.02 Å². The van der Waals surface area contributed by atoms with Gasteiger partial charge in [-0.15, -0.1) is 0 Å². The van der Waals surface area contributed by atoms with Gasteiger partial charge in [-0.2, -0.15) is 15.6 Å². The second kappa shape index (κ2) is 7.21. The van der Waals surface area contributed by atoms with Crippen LogP contribution in [0.4, 0.5) is 10.5 Å². The highest BCUT2D eigenvalue weighted by Crippen LogP contribution is 2.29. The Morgan fingerprint density at radius 2 is 2.08 bits per heavy atom. The van der Waals surface area contributed by atoms with Crippen molar-refractivity contribution in [2.75, 3.05) is 5.32 Å². The van der Waals surface area contributed by atoms with Gasteiger partial charge in [0.1, 0.15) is 0 Å². The third-order valence-electron chi connectivity index (χ3n) is 3.93. The van der Waals surface area contributed by atoms with Gasteiger partial charge in [-0.3, -0.25) is 4.68 Å². The Bertz CT molecular complexity index is 968. The maximum atomic E-state index is 12.0. The first-order chi connectivity index (χ1) is 12.3. The highest BCUT2D eigenvalue weighted by Gasteiger charge is 2.16. The third kappa shape index (κ3) is 3.72. The van der Waals surface area contributed by atoms with Gasteiger partial charge >= 0.3 is 6.03 Å². The Balaban J connectivity index is 1.78. The van der Waals surface area contributed by atoms with Gasteiger partial charge in [-0.25, -0.2) is 4.79 Å². The number of hydrogen-bond acceptors (Lipinski definition) is 4. The number of carbonyl (C=O) groups is 1. The maximum absolute atomic E-state index is 12.0. The summed E-state index contributed by atoms with van der Waals surface area (Å²) in [6.45, 7) is 6.13. The molecule has 0 atom stereocenters. The Labute approximate surface area is 156 Å². The lowest BCUT2D eigenvalue weighted by molar-refractivity contribution is 0.184. The second-order valence-electron chi connectivity index (χ2n) is 6.28. The molecule has 26 heavy (non-hydrogen) atoms. The number of aromatic nitrogens is 3. The molecular weight excluding hydrogens is 354 g/mol. The van der Waals surface area contributed by atoms with E-state index in [2.05, 4.69) is 34.7 Å². The minimum absolute atomic E-state index is 0.256.